The lowest BCUT2D eigenvalue weighted by atomic mass is 10.1. The van der Waals surface area contributed by atoms with Gasteiger partial charge in [-0.25, -0.2) is 0 Å². The molecule has 2 rings (SSSR count). The van der Waals surface area contributed by atoms with E-state index in [2.05, 4.69) is 4.90 Å². The van der Waals surface area contributed by atoms with Crippen LogP contribution in [0.25, 0.3) is 0 Å². The molecule has 1 heterocycles. The number of hydrogen-bond donors (Lipinski definition) is 2. The van der Waals surface area contributed by atoms with Crippen LogP contribution >= 0.6 is 23.8 Å². The minimum Gasteiger partial charge on any atom is -0.394 e. The fraction of sp³-hybridized carbons (Fsp3) is 0.500. The molecule has 1 aromatic rings. The first-order valence-corrected chi connectivity index (χ1v) is 7.39. The van der Waals surface area contributed by atoms with E-state index in [0.29, 0.717) is 10.0 Å². The van der Waals surface area contributed by atoms with Gasteiger partial charge in [0.25, 0.3) is 0 Å². The van der Waals surface area contributed by atoms with Crippen molar-refractivity contribution in [3.05, 3.63) is 28.8 Å². The lowest BCUT2D eigenvalue weighted by Gasteiger charge is -2.32. The molecule has 0 aliphatic carbocycles. The fourth-order valence-electron chi connectivity index (χ4n) is 2.64. The van der Waals surface area contributed by atoms with Gasteiger partial charge in [0.05, 0.1) is 12.6 Å². The van der Waals surface area contributed by atoms with E-state index in [1.807, 2.05) is 12.1 Å². The molecule has 1 aromatic carbocycles. The number of halogens is 1. The summed E-state index contributed by atoms with van der Waals surface area (Å²) in [5.41, 5.74) is 7.57. The standard InChI is InChI=1S/C14H19ClN2OS/c15-10-5-6-12(14(16)19)13(8-10)17-7-3-1-2-4-11(17)9-18/h5-6,8,11,18H,1-4,7,9H2,(H2,16,19). The average molecular weight is 299 g/mol. The van der Waals surface area contributed by atoms with E-state index in [1.165, 1.54) is 6.42 Å². The van der Waals surface area contributed by atoms with Gasteiger partial charge in [0.2, 0.25) is 0 Å². The zero-order valence-electron chi connectivity index (χ0n) is 10.8. The number of nitrogens with zero attached hydrogens (tertiary/aromatic N) is 1. The van der Waals surface area contributed by atoms with Crippen LogP contribution in [0.2, 0.25) is 5.02 Å². The summed E-state index contributed by atoms with van der Waals surface area (Å²) in [6.07, 6.45) is 4.43. The van der Waals surface area contributed by atoms with Crippen LogP contribution in [0.1, 0.15) is 31.2 Å². The Hall–Kier alpha value is -0.840. The maximum Gasteiger partial charge on any atom is 0.106 e. The molecular formula is C14H19ClN2OS. The van der Waals surface area contributed by atoms with Crippen molar-refractivity contribution in [3.8, 4) is 0 Å². The monoisotopic (exact) mass is 298 g/mol. The predicted molar refractivity (Wildman–Crippen MR) is 84.0 cm³/mol. The molecule has 1 atom stereocenters. The first-order valence-electron chi connectivity index (χ1n) is 6.60. The number of benzene rings is 1. The van der Waals surface area contributed by atoms with Crippen molar-refractivity contribution in [1.29, 1.82) is 0 Å². The van der Waals surface area contributed by atoms with Crippen molar-refractivity contribution in [3.63, 3.8) is 0 Å². The molecule has 1 aliphatic heterocycles. The van der Waals surface area contributed by atoms with Gasteiger partial charge in [-0.1, -0.05) is 36.7 Å². The molecule has 5 heteroatoms. The number of anilines is 1. The van der Waals surface area contributed by atoms with Crippen molar-refractivity contribution in [1.82, 2.24) is 0 Å². The van der Waals surface area contributed by atoms with Crippen LogP contribution in [0, 0.1) is 0 Å². The van der Waals surface area contributed by atoms with Crippen molar-refractivity contribution in [2.75, 3.05) is 18.1 Å². The summed E-state index contributed by atoms with van der Waals surface area (Å²) in [6.45, 7) is 1.05. The van der Waals surface area contributed by atoms with Crippen molar-refractivity contribution < 1.29 is 5.11 Å². The number of aliphatic hydroxyl groups is 1. The summed E-state index contributed by atoms with van der Waals surface area (Å²) in [6, 6.07) is 5.67. The van der Waals surface area contributed by atoms with Gasteiger partial charge < -0.3 is 15.7 Å². The van der Waals surface area contributed by atoms with Gasteiger partial charge in [-0.05, 0) is 31.0 Å². The Morgan fingerprint density at radius 2 is 2.21 bits per heavy atom. The van der Waals surface area contributed by atoms with Crippen molar-refractivity contribution >= 4 is 34.5 Å². The third-order valence-electron chi connectivity index (χ3n) is 3.62. The lowest BCUT2D eigenvalue weighted by Crippen LogP contribution is -2.38. The second-order valence-electron chi connectivity index (χ2n) is 4.90. The Balaban J connectivity index is 2.42. The normalized spacial score (nSPS) is 20.1. The SMILES string of the molecule is NC(=S)c1ccc(Cl)cc1N1CCCCCC1CO. The Morgan fingerprint density at radius 1 is 1.42 bits per heavy atom. The minimum absolute atomic E-state index is 0.120. The summed E-state index contributed by atoms with van der Waals surface area (Å²) >= 11 is 11.2. The third kappa shape index (κ3) is 3.38. The number of aliphatic hydroxyl groups excluding tert-OH is 1. The molecule has 0 saturated carbocycles. The zero-order valence-corrected chi connectivity index (χ0v) is 12.4. The van der Waals surface area contributed by atoms with Gasteiger partial charge >= 0.3 is 0 Å². The highest BCUT2D eigenvalue weighted by Crippen LogP contribution is 2.30. The molecule has 1 fully saturated rings. The minimum atomic E-state index is 0.120. The van der Waals surface area contributed by atoms with E-state index >= 15 is 0 Å². The molecule has 1 aliphatic rings. The quantitative estimate of drug-likeness (QED) is 0.843. The Labute approximate surface area is 124 Å². The summed E-state index contributed by atoms with van der Waals surface area (Å²) in [5, 5.41) is 10.3. The molecule has 3 nitrogen and oxygen atoms in total. The molecule has 1 unspecified atom stereocenters. The van der Waals surface area contributed by atoms with E-state index in [-0.39, 0.29) is 12.6 Å². The largest absolute Gasteiger partial charge is 0.394 e. The molecular weight excluding hydrogens is 280 g/mol. The molecule has 0 spiro atoms. The van der Waals surface area contributed by atoms with Gasteiger partial charge in [-0.2, -0.15) is 0 Å². The molecule has 104 valence electrons. The van der Waals surface area contributed by atoms with E-state index < -0.39 is 0 Å². The van der Waals surface area contributed by atoms with Crippen LogP contribution in [0.5, 0.6) is 0 Å². The summed E-state index contributed by atoms with van der Waals surface area (Å²) < 4.78 is 0. The summed E-state index contributed by atoms with van der Waals surface area (Å²) in [7, 11) is 0. The molecule has 0 amide bonds. The fourth-order valence-corrected chi connectivity index (χ4v) is 2.97. The van der Waals surface area contributed by atoms with Gasteiger partial charge in [-0.15, -0.1) is 0 Å². The zero-order chi connectivity index (χ0) is 13.8. The summed E-state index contributed by atoms with van der Waals surface area (Å²) in [5.74, 6) is 0. The number of hydrogen-bond acceptors (Lipinski definition) is 3. The maximum atomic E-state index is 9.61. The van der Waals surface area contributed by atoms with Gasteiger partial charge in [-0.3, -0.25) is 0 Å². The highest BCUT2D eigenvalue weighted by molar-refractivity contribution is 7.80. The van der Waals surface area contributed by atoms with E-state index in [1.54, 1.807) is 6.07 Å². The van der Waals surface area contributed by atoms with Crippen LogP contribution in [0.4, 0.5) is 5.69 Å². The van der Waals surface area contributed by atoms with Gasteiger partial charge in [0.1, 0.15) is 4.99 Å². The first kappa shape index (κ1) is 14.6. The predicted octanol–water partition coefficient (Wildman–Crippen LogP) is 2.72. The van der Waals surface area contributed by atoms with E-state index in [9.17, 15) is 5.11 Å². The summed E-state index contributed by atoms with van der Waals surface area (Å²) in [4.78, 5) is 2.57. The Morgan fingerprint density at radius 3 is 2.89 bits per heavy atom. The smallest absolute Gasteiger partial charge is 0.106 e. The van der Waals surface area contributed by atoms with Crippen molar-refractivity contribution in [2.45, 2.75) is 31.7 Å². The van der Waals surface area contributed by atoms with Crippen LogP contribution in [0.3, 0.4) is 0 Å². The molecule has 0 bridgehead atoms. The molecule has 3 N–H and O–H groups in total. The highest BCUT2D eigenvalue weighted by atomic mass is 35.5. The topological polar surface area (TPSA) is 49.5 Å². The Bertz CT molecular complexity index is 467. The third-order valence-corrected chi connectivity index (χ3v) is 4.08. The maximum absolute atomic E-state index is 9.61. The van der Waals surface area contributed by atoms with Gasteiger partial charge in [0.15, 0.2) is 0 Å². The Kier molecular flexibility index (Phi) is 5.02. The number of thiocarbonyl (C=S) groups is 1. The second-order valence-corrected chi connectivity index (χ2v) is 5.78. The number of rotatable bonds is 3. The molecule has 19 heavy (non-hydrogen) atoms. The number of nitrogens with two attached hydrogens (primary N) is 1. The van der Waals surface area contributed by atoms with Crippen LogP contribution in [-0.4, -0.2) is 29.3 Å². The van der Waals surface area contributed by atoms with E-state index in [0.717, 1.165) is 37.1 Å². The van der Waals surface area contributed by atoms with Crippen LogP contribution in [-0.2, 0) is 0 Å². The van der Waals surface area contributed by atoms with E-state index in [4.69, 9.17) is 29.6 Å². The van der Waals surface area contributed by atoms with Crippen LogP contribution < -0.4 is 10.6 Å². The lowest BCUT2D eigenvalue weighted by molar-refractivity contribution is 0.255. The second kappa shape index (κ2) is 6.55. The first-order chi connectivity index (χ1) is 9.13. The highest BCUT2D eigenvalue weighted by Gasteiger charge is 2.23. The average Bonchev–Trinajstić information content (AvgIpc) is 2.63. The van der Waals surface area contributed by atoms with Gasteiger partial charge in [0, 0.05) is 22.8 Å². The van der Waals surface area contributed by atoms with Crippen LogP contribution in [0.15, 0.2) is 18.2 Å². The molecule has 0 radical (unpaired) electrons. The molecule has 1 saturated heterocycles. The molecule has 0 aromatic heterocycles. The van der Waals surface area contributed by atoms with Crippen molar-refractivity contribution in [2.24, 2.45) is 5.73 Å².